The van der Waals surface area contributed by atoms with E-state index in [0.717, 1.165) is 6.07 Å². The number of rotatable bonds is 3. The first-order chi connectivity index (χ1) is 11.5. The highest BCUT2D eigenvalue weighted by Gasteiger charge is 2.17. The zero-order valence-electron chi connectivity index (χ0n) is 12.3. The molecule has 3 aromatic rings. The fourth-order valence-corrected chi connectivity index (χ4v) is 2.00. The Morgan fingerprint density at radius 3 is 2.50 bits per heavy atom. The van der Waals surface area contributed by atoms with E-state index in [1.54, 1.807) is 23.9 Å². The van der Waals surface area contributed by atoms with Crippen LogP contribution in [0.15, 0.2) is 36.7 Å². The summed E-state index contributed by atoms with van der Waals surface area (Å²) in [6, 6.07) is 4.53. The third kappa shape index (κ3) is 2.83. The molecule has 0 saturated carbocycles. The Hall–Kier alpha value is -3.23. The zero-order chi connectivity index (χ0) is 17.3. The van der Waals surface area contributed by atoms with Crippen LogP contribution in [-0.2, 0) is 0 Å². The number of nitrogens with one attached hydrogen (secondary N) is 1. The van der Waals surface area contributed by atoms with Gasteiger partial charge in [0.15, 0.2) is 29.0 Å². The lowest BCUT2D eigenvalue weighted by Gasteiger charge is -2.07. The van der Waals surface area contributed by atoms with Gasteiger partial charge in [-0.3, -0.25) is 9.36 Å². The number of halogens is 3. The number of anilines is 1. The molecule has 1 aromatic carbocycles. The molecule has 1 amide bonds. The van der Waals surface area contributed by atoms with E-state index in [2.05, 4.69) is 20.5 Å². The van der Waals surface area contributed by atoms with Gasteiger partial charge in [0, 0.05) is 12.4 Å². The van der Waals surface area contributed by atoms with Crippen LogP contribution in [0.3, 0.4) is 0 Å². The first-order valence-corrected chi connectivity index (χ1v) is 6.76. The molecule has 0 aliphatic heterocycles. The summed E-state index contributed by atoms with van der Waals surface area (Å²) in [5, 5.41) is 9.74. The number of nitrogens with zero attached hydrogens (tertiary/aromatic N) is 4. The third-order valence-corrected chi connectivity index (χ3v) is 3.24. The van der Waals surface area contributed by atoms with Crippen molar-refractivity contribution >= 4 is 11.6 Å². The average Bonchev–Trinajstić information content (AvgIpc) is 3.01. The van der Waals surface area contributed by atoms with Crippen molar-refractivity contribution in [1.29, 1.82) is 0 Å². The second-order valence-electron chi connectivity index (χ2n) is 4.80. The van der Waals surface area contributed by atoms with Crippen LogP contribution < -0.4 is 5.32 Å². The minimum absolute atomic E-state index is 0.111. The Morgan fingerprint density at radius 2 is 1.88 bits per heavy atom. The molecule has 0 unspecified atom stereocenters. The van der Waals surface area contributed by atoms with E-state index < -0.39 is 29.0 Å². The number of hydrogen-bond donors (Lipinski definition) is 1. The maximum Gasteiger partial charge on any atom is 0.276 e. The fourth-order valence-electron chi connectivity index (χ4n) is 2.00. The molecule has 9 heteroatoms. The first-order valence-electron chi connectivity index (χ1n) is 6.76. The number of carbonyl (C=O) groups is 1. The number of hydrogen-bond acceptors (Lipinski definition) is 4. The van der Waals surface area contributed by atoms with E-state index >= 15 is 0 Å². The van der Waals surface area contributed by atoms with Crippen LogP contribution >= 0.6 is 0 Å². The van der Waals surface area contributed by atoms with E-state index in [1.807, 2.05) is 0 Å². The average molecular weight is 333 g/mol. The molecule has 2 aromatic heterocycles. The number of imidazole rings is 1. The van der Waals surface area contributed by atoms with Gasteiger partial charge in [0.2, 0.25) is 0 Å². The molecule has 0 radical (unpaired) electrons. The van der Waals surface area contributed by atoms with Gasteiger partial charge in [0.1, 0.15) is 5.82 Å². The highest BCUT2D eigenvalue weighted by atomic mass is 19.2. The number of amides is 1. The second kappa shape index (κ2) is 6.11. The molecule has 2 heterocycles. The summed E-state index contributed by atoms with van der Waals surface area (Å²) in [6.45, 7) is 1.77. The summed E-state index contributed by atoms with van der Waals surface area (Å²) in [7, 11) is 0. The summed E-state index contributed by atoms with van der Waals surface area (Å²) in [4.78, 5) is 16.1. The number of aromatic nitrogens is 4. The van der Waals surface area contributed by atoms with E-state index in [9.17, 15) is 18.0 Å². The molecule has 6 nitrogen and oxygen atoms in total. The molecule has 0 fully saturated rings. The Labute approximate surface area is 134 Å². The molecule has 0 aliphatic rings. The van der Waals surface area contributed by atoms with Crippen molar-refractivity contribution in [2.45, 2.75) is 6.92 Å². The van der Waals surface area contributed by atoms with E-state index in [-0.39, 0.29) is 5.69 Å². The van der Waals surface area contributed by atoms with Gasteiger partial charge in [0.05, 0.1) is 5.69 Å². The fraction of sp³-hybridized carbons (Fsp3) is 0.0667. The van der Waals surface area contributed by atoms with Gasteiger partial charge >= 0.3 is 0 Å². The summed E-state index contributed by atoms with van der Waals surface area (Å²) >= 11 is 0. The van der Waals surface area contributed by atoms with Gasteiger partial charge in [-0.2, -0.15) is 0 Å². The molecule has 1 N–H and O–H groups in total. The molecule has 0 saturated heterocycles. The normalized spacial score (nSPS) is 10.7. The summed E-state index contributed by atoms with van der Waals surface area (Å²) in [6.07, 6.45) is 3.26. The molecule has 0 atom stereocenters. The summed E-state index contributed by atoms with van der Waals surface area (Å²) in [5.74, 6) is -4.16. The Bertz CT molecular complexity index is 908. The van der Waals surface area contributed by atoms with Crippen molar-refractivity contribution in [1.82, 2.24) is 19.7 Å². The third-order valence-electron chi connectivity index (χ3n) is 3.24. The maximum absolute atomic E-state index is 13.6. The molecule has 0 aliphatic carbocycles. The smallest absolute Gasteiger partial charge is 0.276 e. The van der Waals surface area contributed by atoms with Crippen molar-refractivity contribution in [3.8, 4) is 5.82 Å². The molecule has 0 spiro atoms. The number of benzene rings is 1. The Kier molecular flexibility index (Phi) is 3.98. The predicted molar refractivity (Wildman–Crippen MR) is 78.2 cm³/mol. The van der Waals surface area contributed by atoms with Gasteiger partial charge in [-0.15, -0.1) is 10.2 Å². The highest BCUT2D eigenvalue weighted by molar-refractivity contribution is 6.02. The minimum atomic E-state index is -1.66. The van der Waals surface area contributed by atoms with Crippen LogP contribution in [-0.4, -0.2) is 25.7 Å². The van der Waals surface area contributed by atoms with Crippen molar-refractivity contribution in [2.75, 3.05) is 5.32 Å². The lowest BCUT2D eigenvalue weighted by Crippen LogP contribution is -2.16. The van der Waals surface area contributed by atoms with Crippen LogP contribution in [0.1, 0.15) is 16.3 Å². The zero-order valence-corrected chi connectivity index (χ0v) is 12.3. The lowest BCUT2D eigenvalue weighted by molar-refractivity contribution is 0.102. The van der Waals surface area contributed by atoms with Gasteiger partial charge in [0.25, 0.3) is 5.91 Å². The monoisotopic (exact) mass is 333 g/mol. The van der Waals surface area contributed by atoms with Crippen LogP contribution in [0.25, 0.3) is 5.82 Å². The topological polar surface area (TPSA) is 72.7 Å². The first kappa shape index (κ1) is 15.7. The van der Waals surface area contributed by atoms with Crippen LogP contribution in [0.5, 0.6) is 0 Å². The molecule has 3 rings (SSSR count). The molecule has 122 valence electrons. The van der Waals surface area contributed by atoms with Crippen molar-refractivity contribution in [2.24, 2.45) is 0 Å². The maximum atomic E-state index is 13.6. The SMILES string of the molecule is Cc1nccn1-c1ccc(C(=O)Nc2ccc(F)c(F)c2F)nn1. The van der Waals surface area contributed by atoms with E-state index in [1.165, 1.54) is 12.1 Å². The standard InChI is InChI=1S/C15H10F3N5O/c1-8-19-6-7-23(8)12-5-4-11(21-22-12)15(24)20-10-3-2-9(16)13(17)14(10)18/h2-7H,1H3,(H,20,24). The summed E-state index contributed by atoms with van der Waals surface area (Å²) in [5.41, 5.74) is -0.601. The van der Waals surface area contributed by atoms with Crippen LogP contribution in [0, 0.1) is 24.4 Å². The van der Waals surface area contributed by atoms with E-state index in [0.29, 0.717) is 17.7 Å². The predicted octanol–water partition coefficient (Wildman–Crippen LogP) is 2.64. The van der Waals surface area contributed by atoms with E-state index in [4.69, 9.17) is 0 Å². The van der Waals surface area contributed by atoms with Crippen molar-refractivity contribution in [3.05, 3.63) is 65.6 Å². The largest absolute Gasteiger partial charge is 0.318 e. The Balaban J connectivity index is 1.81. The quantitative estimate of drug-likeness (QED) is 0.748. The van der Waals surface area contributed by atoms with Crippen molar-refractivity contribution < 1.29 is 18.0 Å². The molecule has 0 bridgehead atoms. The van der Waals surface area contributed by atoms with Crippen molar-refractivity contribution in [3.63, 3.8) is 0 Å². The molecular weight excluding hydrogens is 323 g/mol. The van der Waals surface area contributed by atoms with Crippen LogP contribution in [0.4, 0.5) is 18.9 Å². The highest BCUT2D eigenvalue weighted by Crippen LogP contribution is 2.20. The number of aryl methyl sites for hydroxylation is 1. The van der Waals surface area contributed by atoms with Gasteiger partial charge in [-0.25, -0.2) is 18.2 Å². The van der Waals surface area contributed by atoms with Crippen LogP contribution in [0.2, 0.25) is 0 Å². The molecular formula is C15H10F3N5O. The second-order valence-corrected chi connectivity index (χ2v) is 4.80. The van der Waals surface area contributed by atoms with Gasteiger partial charge < -0.3 is 5.32 Å². The number of carbonyl (C=O) groups excluding carboxylic acids is 1. The lowest BCUT2D eigenvalue weighted by atomic mass is 10.2. The van der Waals surface area contributed by atoms with Gasteiger partial charge in [-0.05, 0) is 31.2 Å². The molecule has 24 heavy (non-hydrogen) atoms. The van der Waals surface area contributed by atoms with Gasteiger partial charge in [-0.1, -0.05) is 0 Å². The summed E-state index contributed by atoms with van der Waals surface area (Å²) < 4.78 is 41.2. The minimum Gasteiger partial charge on any atom is -0.318 e. The Morgan fingerprint density at radius 1 is 1.08 bits per heavy atom.